The number of nitrogens with zero attached hydrogens (tertiary/aromatic N) is 4. The van der Waals surface area contributed by atoms with Gasteiger partial charge in [0.15, 0.2) is 0 Å². The molecule has 11 nitrogen and oxygen atoms in total. The van der Waals surface area contributed by atoms with Crippen molar-refractivity contribution in [2.45, 2.75) is 36.1 Å². The summed E-state index contributed by atoms with van der Waals surface area (Å²) in [4.78, 5) is 30.9. The van der Waals surface area contributed by atoms with Crippen LogP contribution in [-0.4, -0.2) is 70.5 Å². The molecule has 1 amide bonds. The molecule has 5 aromatic rings. The van der Waals surface area contributed by atoms with E-state index in [1.165, 1.54) is 23.3 Å². The van der Waals surface area contributed by atoms with E-state index in [-0.39, 0.29) is 22.5 Å². The van der Waals surface area contributed by atoms with E-state index >= 15 is 0 Å². The van der Waals surface area contributed by atoms with Gasteiger partial charge in [0.25, 0.3) is 21.6 Å². The smallest absolute Gasteiger partial charge is 0.293 e. The van der Waals surface area contributed by atoms with E-state index in [0.717, 1.165) is 61.3 Å². The Morgan fingerprint density at radius 2 is 1.57 bits per heavy atom. The van der Waals surface area contributed by atoms with Gasteiger partial charge in [0, 0.05) is 86.1 Å². The van der Waals surface area contributed by atoms with Crippen molar-refractivity contribution in [2.24, 2.45) is 0 Å². The topological polar surface area (TPSA) is 128 Å². The number of hydrogen-bond acceptors (Lipinski definition) is 10. The normalized spacial score (nSPS) is 14.5. The lowest BCUT2D eigenvalue weighted by molar-refractivity contribution is -0.384. The van der Waals surface area contributed by atoms with Gasteiger partial charge in [0.1, 0.15) is 5.69 Å². The maximum atomic E-state index is 13.3. The van der Waals surface area contributed by atoms with Crippen molar-refractivity contribution < 1.29 is 18.1 Å². The Balaban J connectivity index is 1.06. The number of piperazine rings is 1. The molecule has 5 aromatic carbocycles. The van der Waals surface area contributed by atoms with E-state index in [4.69, 9.17) is 24.2 Å². The maximum Gasteiger partial charge on any atom is 0.293 e. The Kier molecular flexibility index (Phi) is 12.9. The van der Waals surface area contributed by atoms with Crippen molar-refractivity contribution in [3.05, 3.63) is 147 Å². The van der Waals surface area contributed by atoms with E-state index < -0.39 is 31.4 Å². The van der Waals surface area contributed by atoms with E-state index in [2.05, 4.69) is 38.0 Å². The minimum absolute atomic E-state index is 0.145. The van der Waals surface area contributed by atoms with Crippen LogP contribution in [0.2, 0.25) is 5.02 Å². The third-order valence-electron chi connectivity index (χ3n) is 10.0. The third-order valence-corrected chi connectivity index (χ3v) is 12.3. The molecule has 2 N–H and O–H groups in total. The Labute approximate surface area is 338 Å². The van der Waals surface area contributed by atoms with Crippen LogP contribution in [0, 0.1) is 10.1 Å². The average molecular weight is 813 g/mol. The number of carbonyl (C=O) groups excluding carboxylic acids is 1. The lowest BCUT2D eigenvalue weighted by Gasteiger charge is -2.36. The molecule has 0 aromatic heterocycles. The van der Waals surface area contributed by atoms with Crippen molar-refractivity contribution in [3.8, 4) is 11.1 Å². The number of benzene rings is 5. The number of anilines is 3. The van der Waals surface area contributed by atoms with Crippen LogP contribution in [0.5, 0.6) is 0 Å². The van der Waals surface area contributed by atoms with Gasteiger partial charge in [-0.05, 0) is 89.3 Å². The van der Waals surface area contributed by atoms with Crippen LogP contribution in [0.3, 0.4) is 0 Å². The van der Waals surface area contributed by atoms with Crippen LogP contribution in [-0.2, 0) is 16.6 Å². The first-order valence-electron chi connectivity index (χ1n) is 18.3. The molecular formula is C42H45ClN6O5S2. The van der Waals surface area contributed by atoms with Crippen LogP contribution < -0.4 is 19.8 Å². The van der Waals surface area contributed by atoms with Gasteiger partial charge in [-0.3, -0.25) is 19.8 Å². The number of nitro groups is 1. The molecule has 1 heterocycles. The van der Waals surface area contributed by atoms with Gasteiger partial charge >= 0.3 is 0 Å². The third kappa shape index (κ3) is 9.65. The number of hydrogen-bond donors (Lipinski definition) is 3. The predicted octanol–water partition coefficient (Wildman–Crippen LogP) is 8.28. The number of sulfonamides is 1. The van der Waals surface area contributed by atoms with Crippen LogP contribution in [0.25, 0.3) is 11.1 Å². The van der Waals surface area contributed by atoms with Gasteiger partial charge < -0.3 is 15.1 Å². The Hall–Kier alpha value is -5.08. The molecule has 56 heavy (non-hydrogen) atoms. The number of nitro benzene ring substituents is 1. The molecule has 1 aliphatic rings. The highest BCUT2D eigenvalue weighted by molar-refractivity contribution is 7.90. The quantitative estimate of drug-likeness (QED) is 0.0577. The van der Waals surface area contributed by atoms with Crippen molar-refractivity contribution in [1.29, 1.82) is 0 Å². The van der Waals surface area contributed by atoms with Crippen molar-refractivity contribution in [3.63, 3.8) is 0 Å². The second kappa shape index (κ2) is 17.8. The molecule has 1 saturated heterocycles. The molecule has 1 fully saturated rings. The molecule has 0 radical (unpaired) electrons. The standard InChI is InChI=1S/C42H45ClN6O5S2/c1-4-38(41(55)30-11-17-34(18-12-30)46(2)3)44-39-22-21-36(27-40(39)49(51)52)56(53,54)45-42(50)31-13-19-35(20-14-31)48-25-23-47(24-26-48)28-32-7-5-6-8-37(32)29-9-15-33(43)16-10-29/h5-22,27,38,41,44,55H,4,23-26,28H2,1-3H3,(H,45,50)/t38-,41?/m1/s1. The monoisotopic (exact) mass is 812 g/mol. The Morgan fingerprint density at radius 3 is 2.20 bits per heavy atom. The molecule has 6 rings (SSSR count). The molecule has 0 saturated carbocycles. The van der Waals surface area contributed by atoms with E-state index in [0.29, 0.717) is 11.4 Å². The van der Waals surface area contributed by atoms with Gasteiger partial charge in [0.2, 0.25) is 0 Å². The minimum Gasteiger partial charge on any atom is -0.378 e. The molecule has 292 valence electrons. The highest BCUT2D eigenvalue weighted by Crippen LogP contribution is 2.34. The summed E-state index contributed by atoms with van der Waals surface area (Å²) in [6.07, 6.45) is 0.590. The number of amides is 1. The zero-order chi connectivity index (χ0) is 40.0. The summed E-state index contributed by atoms with van der Waals surface area (Å²) in [6.45, 7) is 6.00. The summed E-state index contributed by atoms with van der Waals surface area (Å²) in [5, 5.41) is 15.7. The summed E-state index contributed by atoms with van der Waals surface area (Å²) >= 11 is 10.9. The number of carbonyl (C=O) groups is 1. The van der Waals surface area contributed by atoms with Crippen molar-refractivity contribution in [2.75, 3.05) is 55.4 Å². The zero-order valence-corrected chi connectivity index (χ0v) is 33.9. The fraction of sp³-hybridized carbons (Fsp3) is 0.262. The fourth-order valence-corrected chi connectivity index (χ4v) is 8.37. The molecule has 1 aliphatic heterocycles. The number of halogens is 1. The van der Waals surface area contributed by atoms with E-state index in [1.807, 2.05) is 80.5 Å². The van der Waals surface area contributed by atoms with Crippen molar-refractivity contribution >= 4 is 62.9 Å². The first-order valence-corrected chi connectivity index (χ1v) is 20.7. The first-order chi connectivity index (χ1) is 26.8. The Bertz CT molecular complexity index is 2270. The molecule has 14 heteroatoms. The van der Waals surface area contributed by atoms with Gasteiger partial charge in [0.05, 0.1) is 9.82 Å². The lowest BCUT2D eigenvalue weighted by atomic mass is 9.99. The van der Waals surface area contributed by atoms with E-state index in [1.54, 1.807) is 24.3 Å². The Morgan fingerprint density at radius 1 is 0.911 bits per heavy atom. The summed E-state index contributed by atoms with van der Waals surface area (Å²) in [5.74, 6) is -0.838. The zero-order valence-electron chi connectivity index (χ0n) is 31.4. The van der Waals surface area contributed by atoms with Crippen LogP contribution in [0.15, 0.2) is 120 Å². The predicted molar refractivity (Wildman–Crippen MR) is 229 cm³/mol. The summed E-state index contributed by atoms with van der Waals surface area (Å²) in [7, 11) is -0.544. The molecule has 0 bridgehead atoms. The van der Waals surface area contributed by atoms with Crippen LogP contribution in [0.4, 0.5) is 22.7 Å². The molecule has 0 aliphatic carbocycles. The second-order valence-electron chi connectivity index (χ2n) is 13.9. The van der Waals surface area contributed by atoms with E-state index in [9.17, 15) is 23.3 Å². The molecular weight excluding hydrogens is 768 g/mol. The first kappa shape index (κ1) is 40.6. The molecule has 1 unspecified atom stereocenters. The average Bonchev–Trinajstić information content (AvgIpc) is 3.20. The van der Waals surface area contributed by atoms with Gasteiger partial charge in [-0.15, -0.1) is 0 Å². The van der Waals surface area contributed by atoms with Gasteiger partial charge in [-0.1, -0.05) is 67.1 Å². The molecule has 0 spiro atoms. The SMILES string of the molecule is CC[C@@H](Nc1ccc(S(=O)(=O)NC(=O)c2ccc(N3CCN(Cc4ccccc4-c4ccc(Cl)cc4)CC3)cc2)cc1[N+](=O)[O-])C(S)c1ccc(N(C)C)cc1. The number of thiol groups is 1. The lowest BCUT2D eigenvalue weighted by Crippen LogP contribution is -2.46. The largest absolute Gasteiger partial charge is 0.378 e. The highest BCUT2D eigenvalue weighted by atomic mass is 35.5. The molecule has 2 atom stereocenters. The van der Waals surface area contributed by atoms with Crippen molar-refractivity contribution in [1.82, 2.24) is 9.62 Å². The highest BCUT2D eigenvalue weighted by Gasteiger charge is 2.27. The number of rotatable bonds is 14. The fourth-order valence-electron chi connectivity index (χ4n) is 6.80. The second-order valence-corrected chi connectivity index (χ2v) is 16.6. The number of nitrogens with one attached hydrogen (secondary N) is 2. The maximum absolute atomic E-state index is 13.3. The summed E-state index contributed by atoms with van der Waals surface area (Å²) in [5.41, 5.74) is 6.29. The van der Waals surface area contributed by atoms with Gasteiger partial charge in [-0.2, -0.15) is 12.6 Å². The van der Waals surface area contributed by atoms with Crippen LogP contribution >= 0.6 is 24.2 Å². The summed E-state index contributed by atoms with van der Waals surface area (Å²) < 4.78 is 28.7. The van der Waals surface area contributed by atoms with Crippen LogP contribution in [0.1, 0.15) is 40.1 Å². The minimum atomic E-state index is -4.44. The van der Waals surface area contributed by atoms with Gasteiger partial charge in [-0.25, -0.2) is 13.1 Å². The summed E-state index contributed by atoms with van der Waals surface area (Å²) in [6, 6.07) is 34.1.